The molecule has 1 heterocycles. The van der Waals surface area contributed by atoms with Gasteiger partial charge >= 0.3 is 5.97 Å². The van der Waals surface area contributed by atoms with Crippen LogP contribution in [0.1, 0.15) is 36.6 Å². The van der Waals surface area contributed by atoms with Crippen LogP contribution in [0.15, 0.2) is 42.5 Å². The Labute approximate surface area is 229 Å². The Kier molecular flexibility index (Phi) is 10.00. The molecule has 0 amide bonds. The summed E-state index contributed by atoms with van der Waals surface area (Å²) < 4.78 is 18.6. The lowest BCUT2D eigenvalue weighted by Crippen LogP contribution is -2.51. The van der Waals surface area contributed by atoms with Gasteiger partial charge in [0.15, 0.2) is 0 Å². The molecule has 5 unspecified atom stereocenters. The molecule has 2 aromatic carbocycles. The topological polar surface area (TPSA) is 44.8 Å². The van der Waals surface area contributed by atoms with Gasteiger partial charge in [-0.2, -0.15) is 0 Å². The van der Waals surface area contributed by atoms with Gasteiger partial charge in [0.05, 0.1) is 20.6 Å². The van der Waals surface area contributed by atoms with Gasteiger partial charge in [0.2, 0.25) is 0 Å². The van der Waals surface area contributed by atoms with E-state index in [0.29, 0.717) is 6.61 Å². The summed E-state index contributed by atoms with van der Waals surface area (Å²) in [7, 11) is 0. The number of hydrogen-bond acceptors (Lipinski definition) is 4. The highest BCUT2D eigenvalue weighted by atomic mass is 127. The van der Waals surface area contributed by atoms with E-state index in [4.69, 9.17) is 25.8 Å². The van der Waals surface area contributed by atoms with Crippen LogP contribution in [-0.4, -0.2) is 37.1 Å². The van der Waals surface area contributed by atoms with Crippen molar-refractivity contribution in [3.8, 4) is 5.75 Å². The van der Waals surface area contributed by atoms with Gasteiger partial charge in [0, 0.05) is 16.4 Å². The van der Waals surface area contributed by atoms with Gasteiger partial charge in [-0.25, -0.2) is 0 Å². The predicted molar refractivity (Wildman–Crippen MR) is 150 cm³/mol. The summed E-state index contributed by atoms with van der Waals surface area (Å²) in [4.78, 5) is 11.6. The molecule has 1 aliphatic heterocycles. The molecule has 31 heavy (non-hydrogen) atoms. The number of ether oxygens (including phenoxy) is 3. The fourth-order valence-corrected chi connectivity index (χ4v) is 6.48. The molecule has 0 radical (unpaired) electrons. The lowest BCUT2D eigenvalue weighted by molar-refractivity contribution is -0.162. The van der Waals surface area contributed by atoms with Crippen molar-refractivity contribution in [3.63, 3.8) is 0 Å². The Hall–Kier alpha value is 0.150. The third-order valence-corrected chi connectivity index (χ3v) is 10.6. The van der Waals surface area contributed by atoms with Crippen molar-refractivity contribution in [1.82, 2.24) is 0 Å². The highest BCUT2D eigenvalue weighted by Gasteiger charge is 2.45. The molecule has 4 nitrogen and oxygen atoms in total. The summed E-state index contributed by atoms with van der Waals surface area (Å²) in [6, 6.07) is 14.3. The maximum Gasteiger partial charge on any atom is 0.303 e. The molecule has 0 aliphatic carbocycles. The van der Waals surface area contributed by atoms with Gasteiger partial charge in [0.1, 0.15) is 18.0 Å². The molecule has 1 fully saturated rings. The first-order valence-corrected chi connectivity index (χ1v) is 14.4. The molecule has 0 N–H and O–H groups in total. The van der Waals surface area contributed by atoms with Crippen molar-refractivity contribution in [2.45, 2.75) is 46.4 Å². The third kappa shape index (κ3) is 6.60. The van der Waals surface area contributed by atoms with Crippen LogP contribution < -0.4 is 4.74 Å². The van der Waals surface area contributed by atoms with E-state index in [1.807, 2.05) is 31.2 Å². The first-order valence-electron chi connectivity index (χ1n) is 10.0. The number of benzene rings is 2. The first-order chi connectivity index (χ1) is 14.8. The molecule has 8 heteroatoms. The molecule has 168 valence electrons. The Morgan fingerprint density at radius 2 is 1.84 bits per heavy atom. The molecular weight excluding hydrogens is 756 g/mol. The molecule has 1 saturated heterocycles. The van der Waals surface area contributed by atoms with Crippen molar-refractivity contribution < 1.29 is 19.0 Å². The molecular formula is C23H24ClI3O4. The monoisotopic (exact) mass is 780 g/mol. The van der Waals surface area contributed by atoms with E-state index in [1.54, 1.807) is 0 Å². The van der Waals surface area contributed by atoms with E-state index in [-0.39, 0.29) is 32.1 Å². The Bertz CT molecular complexity index is 891. The summed E-state index contributed by atoms with van der Waals surface area (Å²) in [5.41, 5.74) is 3.33. The van der Waals surface area contributed by atoms with Gasteiger partial charge < -0.3 is 14.2 Å². The highest BCUT2D eigenvalue weighted by Crippen LogP contribution is 2.42. The zero-order valence-electron chi connectivity index (χ0n) is 17.2. The number of hydrogen-bond donors (Lipinski definition) is 0. The molecule has 3 rings (SSSR count). The van der Waals surface area contributed by atoms with Crippen molar-refractivity contribution in [1.29, 1.82) is 0 Å². The standard InChI is InChI=1S/C23H24ClI3O4/c1-3-29-17-7-4-14(5-8-17)10-16-11-15(6-9-18(16)24)22-20(26)21(27)23(30-13(2)28)19(12-25)31-22/h4-9,11,19-23H,3,10,12H2,1-2H3. The molecule has 0 aromatic heterocycles. The Balaban J connectivity index is 1.82. The van der Waals surface area contributed by atoms with Crippen LogP contribution in [0.25, 0.3) is 0 Å². The maximum absolute atomic E-state index is 11.6. The van der Waals surface area contributed by atoms with Crippen molar-refractivity contribution in [2.75, 3.05) is 11.0 Å². The Morgan fingerprint density at radius 3 is 2.45 bits per heavy atom. The minimum Gasteiger partial charge on any atom is -0.494 e. The zero-order chi connectivity index (χ0) is 22.5. The molecule has 1 aliphatic rings. The minimum absolute atomic E-state index is 0.0922. The van der Waals surface area contributed by atoms with Crippen LogP contribution in [0.4, 0.5) is 0 Å². The molecule has 0 spiro atoms. The number of esters is 1. The lowest BCUT2D eigenvalue weighted by Gasteiger charge is -2.42. The number of carbonyl (C=O) groups excluding carboxylic acids is 1. The Morgan fingerprint density at radius 1 is 1.13 bits per heavy atom. The van der Waals surface area contributed by atoms with Crippen molar-refractivity contribution in [3.05, 3.63) is 64.2 Å². The summed E-state index contributed by atoms with van der Waals surface area (Å²) in [5.74, 6) is 0.603. The van der Waals surface area contributed by atoms with E-state index < -0.39 is 0 Å². The second kappa shape index (κ2) is 12.0. The van der Waals surface area contributed by atoms with Gasteiger partial charge in [-0.05, 0) is 48.2 Å². The first kappa shape index (κ1) is 25.8. The molecule has 0 saturated carbocycles. The van der Waals surface area contributed by atoms with Crippen LogP contribution >= 0.6 is 79.4 Å². The third-order valence-electron chi connectivity index (χ3n) is 5.08. The van der Waals surface area contributed by atoms with E-state index in [1.165, 1.54) is 12.5 Å². The summed E-state index contributed by atoms with van der Waals surface area (Å²) in [5, 5.41) is 0.743. The number of alkyl halides is 3. The lowest BCUT2D eigenvalue weighted by atomic mass is 9.94. The SMILES string of the molecule is CCOc1ccc(Cc2cc(C3OC(CI)C(OC(C)=O)C(I)C3I)ccc2Cl)cc1. The van der Waals surface area contributed by atoms with Gasteiger partial charge in [-0.3, -0.25) is 4.79 Å². The average molecular weight is 781 g/mol. The maximum atomic E-state index is 11.6. The van der Waals surface area contributed by atoms with Crippen molar-refractivity contribution >= 4 is 85.3 Å². The largest absolute Gasteiger partial charge is 0.494 e. The van der Waals surface area contributed by atoms with Crippen LogP contribution in [-0.2, 0) is 20.7 Å². The van der Waals surface area contributed by atoms with E-state index in [9.17, 15) is 4.79 Å². The number of carbonyl (C=O) groups is 1. The fraction of sp³-hybridized carbons (Fsp3) is 0.435. The summed E-state index contributed by atoms with van der Waals surface area (Å²) >= 11 is 13.7. The van der Waals surface area contributed by atoms with Gasteiger partial charge in [0.25, 0.3) is 0 Å². The quantitative estimate of drug-likeness (QED) is 0.178. The zero-order valence-corrected chi connectivity index (χ0v) is 24.4. The average Bonchev–Trinajstić information content (AvgIpc) is 2.75. The van der Waals surface area contributed by atoms with Crippen molar-refractivity contribution in [2.24, 2.45) is 0 Å². The van der Waals surface area contributed by atoms with Gasteiger partial charge in [-0.1, -0.05) is 104 Å². The smallest absolute Gasteiger partial charge is 0.303 e. The number of halogens is 4. The van der Waals surface area contributed by atoms with Gasteiger partial charge in [-0.15, -0.1) is 0 Å². The summed E-state index contributed by atoms with van der Waals surface area (Å²) in [6.07, 6.45) is 0.249. The molecule has 5 atom stereocenters. The van der Waals surface area contributed by atoms with E-state index in [0.717, 1.165) is 32.7 Å². The number of rotatable bonds is 7. The fourth-order valence-electron chi connectivity index (χ4n) is 3.61. The van der Waals surface area contributed by atoms with E-state index >= 15 is 0 Å². The van der Waals surface area contributed by atoms with Crippen LogP contribution in [0.3, 0.4) is 0 Å². The highest BCUT2D eigenvalue weighted by molar-refractivity contribution is 14.1. The van der Waals surface area contributed by atoms with E-state index in [2.05, 4.69) is 86.0 Å². The normalized spacial score (nSPS) is 25.8. The minimum atomic E-state index is -0.267. The second-order valence-electron chi connectivity index (χ2n) is 7.32. The second-order valence-corrected chi connectivity index (χ2v) is 11.5. The summed E-state index contributed by atoms with van der Waals surface area (Å²) in [6.45, 7) is 4.08. The van der Waals surface area contributed by atoms with Crippen LogP contribution in [0, 0.1) is 0 Å². The van der Waals surface area contributed by atoms with Crippen LogP contribution in [0.5, 0.6) is 5.75 Å². The predicted octanol–water partition coefficient (Wildman–Crippen LogP) is 6.74. The molecule has 0 bridgehead atoms. The molecule has 2 aromatic rings. The van der Waals surface area contributed by atoms with Crippen LogP contribution in [0.2, 0.25) is 5.02 Å².